The highest BCUT2D eigenvalue weighted by atomic mass is 32.2. The number of hydrogen-bond donors (Lipinski definition) is 2. The van der Waals surface area contributed by atoms with Gasteiger partial charge < -0.3 is 10.2 Å². The van der Waals surface area contributed by atoms with Crippen molar-refractivity contribution >= 4 is 16.0 Å². The Morgan fingerprint density at radius 1 is 1.41 bits per heavy atom. The molecule has 0 radical (unpaired) electrons. The molecule has 0 saturated carbocycles. The molecule has 2 N–H and O–H groups in total. The number of hydrogen-bond acceptors (Lipinski definition) is 4. The van der Waals surface area contributed by atoms with E-state index in [4.69, 9.17) is 0 Å². The van der Waals surface area contributed by atoms with Crippen molar-refractivity contribution in [2.24, 2.45) is 5.41 Å². The molecule has 1 aromatic rings. The van der Waals surface area contributed by atoms with Crippen LogP contribution in [0.5, 0.6) is 0 Å². The number of carboxylic acid groups (broad SMARTS) is 1. The van der Waals surface area contributed by atoms with Crippen molar-refractivity contribution in [1.29, 1.82) is 0 Å². The number of nitrogens with zero attached hydrogens (tertiary/aromatic N) is 1. The van der Waals surface area contributed by atoms with E-state index in [2.05, 4.69) is 0 Å². The van der Waals surface area contributed by atoms with Gasteiger partial charge in [0, 0.05) is 13.1 Å². The third-order valence-electron chi connectivity index (χ3n) is 4.08. The van der Waals surface area contributed by atoms with Crippen LogP contribution in [-0.4, -0.2) is 54.4 Å². The van der Waals surface area contributed by atoms with Gasteiger partial charge in [-0.3, -0.25) is 4.79 Å². The Kier molecular flexibility index (Phi) is 4.55. The molecule has 6 nitrogen and oxygen atoms in total. The first-order valence-corrected chi connectivity index (χ1v) is 8.61. The average molecular weight is 331 g/mol. The third-order valence-corrected chi connectivity index (χ3v) is 5.33. The zero-order valence-corrected chi connectivity index (χ0v) is 12.9. The zero-order chi connectivity index (χ0) is 16.5. The maximum atomic E-state index is 13.0. The second-order valence-electron chi connectivity index (χ2n) is 5.67. The number of carboxylic acids is 1. The topological polar surface area (TPSA) is 94.9 Å². The van der Waals surface area contributed by atoms with E-state index in [-0.39, 0.29) is 25.9 Å². The van der Waals surface area contributed by atoms with Crippen LogP contribution in [0, 0.1) is 11.2 Å². The van der Waals surface area contributed by atoms with E-state index in [0.29, 0.717) is 5.56 Å². The van der Waals surface area contributed by atoms with E-state index >= 15 is 0 Å². The fourth-order valence-corrected chi connectivity index (χ4v) is 3.65. The SMILES string of the molecule is CS(=O)(=O)N1CC[C@H](O)[C@](Cc2ccc(F)cc2)(C(=O)O)C1. The van der Waals surface area contributed by atoms with Crippen molar-refractivity contribution in [2.45, 2.75) is 18.9 Å². The van der Waals surface area contributed by atoms with Gasteiger partial charge in [-0.1, -0.05) is 12.1 Å². The van der Waals surface area contributed by atoms with Crippen molar-refractivity contribution in [3.63, 3.8) is 0 Å². The summed E-state index contributed by atoms with van der Waals surface area (Å²) in [6.07, 6.45) is -0.195. The minimum Gasteiger partial charge on any atom is -0.481 e. The van der Waals surface area contributed by atoms with Crippen LogP contribution < -0.4 is 0 Å². The van der Waals surface area contributed by atoms with Gasteiger partial charge in [0.1, 0.15) is 11.2 Å². The quantitative estimate of drug-likeness (QED) is 0.836. The molecular weight excluding hydrogens is 313 g/mol. The molecule has 1 aliphatic rings. The molecule has 22 heavy (non-hydrogen) atoms. The first kappa shape index (κ1) is 16.9. The molecule has 8 heteroatoms. The van der Waals surface area contributed by atoms with Crippen LogP contribution >= 0.6 is 0 Å². The summed E-state index contributed by atoms with van der Waals surface area (Å²) < 4.78 is 37.4. The number of carbonyl (C=O) groups is 1. The first-order valence-electron chi connectivity index (χ1n) is 6.76. The Bertz CT molecular complexity index is 660. The van der Waals surface area contributed by atoms with Crippen molar-refractivity contribution in [3.05, 3.63) is 35.6 Å². The molecule has 1 aromatic carbocycles. The van der Waals surface area contributed by atoms with Gasteiger partial charge in [-0.2, -0.15) is 0 Å². The summed E-state index contributed by atoms with van der Waals surface area (Å²) in [5, 5.41) is 19.8. The normalized spacial score (nSPS) is 26.8. The summed E-state index contributed by atoms with van der Waals surface area (Å²) in [4.78, 5) is 11.8. The van der Waals surface area contributed by atoms with Crippen LogP contribution in [0.25, 0.3) is 0 Å². The summed E-state index contributed by atoms with van der Waals surface area (Å²) in [6.45, 7) is -0.224. The fourth-order valence-electron chi connectivity index (χ4n) is 2.75. The lowest BCUT2D eigenvalue weighted by atomic mass is 9.73. The molecule has 1 aliphatic heterocycles. The molecule has 0 spiro atoms. The molecule has 0 amide bonds. The summed E-state index contributed by atoms with van der Waals surface area (Å²) in [6, 6.07) is 5.28. The molecule has 122 valence electrons. The van der Waals surface area contributed by atoms with Crippen molar-refractivity contribution in [3.8, 4) is 0 Å². The first-order chi connectivity index (χ1) is 10.1. The molecule has 0 aliphatic carbocycles. The number of halogens is 1. The van der Waals surface area contributed by atoms with E-state index in [0.717, 1.165) is 10.6 Å². The minimum absolute atomic E-state index is 0.0422. The van der Waals surface area contributed by atoms with Gasteiger partial charge in [0.05, 0.1) is 12.4 Å². The van der Waals surface area contributed by atoms with Gasteiger partial charge in [0.25, 0.3) is 0 Å². The van der Waals surface area contributed by atoms with Gasteiger partial charge >= 0.3 is 5.97 Å². The standard InChI is InChI=1S/C14H18FNO5S/c1-22(20,21)16-7-6-12(17)14(9-16,13(18)19)8-10-2-4-11(15)5-3-10/h2-5,12,17H,6-9H2,1H3,(H,18,19)/t12-,14+/m0/s1. The summed E-state index contributed by atoms with van der Waals surface area (Å²) in [7, 11) is -3.55. The number of piperidine rings is 1. The Hall–Kier alpha value is -1.51. The van der Waals surface area contributed by atoms with Crippen LogP contribution in [0.2, 0.25) is 0 Å². The van der Waals surface area contributed by atoms with Crippen LogP contribution in [0.4, 0.5) is 4.39 Å². The molecule has 1 heterocycles. The van der Waals surface area contributed by atoms with Gasteiger partial charge in [0.2, 0.25) is 10.0 Å². The maximum absolute atomic E-state index is 13.0. The number of sulfonamides is 1. The van der Waals surface area contributed by atoms with Crippen molar-refractivity contribution in [1.82, 2.24) is 4.31 Å². The molecule has 2 atom stereocenters. The largest absolute Gasteiger partial charge is 0.481 e. The monoisotopic (exact) mass is 331 g/mol. The van der Waals surface area contributed by atoms with E-state index in [1.807, 2.05) is 0 Å². The van der Waals surface area contributed by atoms with E-state index in [9.17, 15) is 27.8 Å². The fraction of sp³-hybridized carbons (Fsp3) is 0.500. The number of aliphatic carboxylic acids is 1. The summed E-state index contributed by atoms with van der Waals surface area (Å²) in [5.74, 6) is -1.72. The number of rotatable bonds is 4. The van der Waals surface area contributed by atoms with E-state index in [1.165, 1.54) is 24.3 Å². The molecule has 0 bridgehead atoms. The minimum atomic E-state index is -3.55. The lowest BCUT2D eigenvalue weighted by Gasteiger charge is -2.42. The predicted octanol–water partition coefficient (Wildman–Crippen LogP) is 0.465. The number of aliphatic hydroxyl groups is 1. The summed E-state index contributed by atoms with van der Waals surface area (Å²) >= 11 is 0. The smallest absolute Gasteiger partial charge is 0.313 e. The highest BCUT2D eigenvalue weighted by Gasteiger charge is 2.50. The molecule has 1 saturated heterocycles. The van der Waals surface area contributed by atoms with Crippen LogP contribution in [0.15, 0.2) is 24.3 Å². The van der Waals surface area contributed by atoms with Gasteiger partial charge in [-0.05, 0) is 30.5 Å². The molecule has 0 unspecified atom stereocenters. The van der Waals surface area contributed by atoms with Gasteiger partial charge in [-0.15, -0.1) is 0 Å². The highest BCUT2D eigenvalue weighted by molar-refractivity contribution is 7.88. The zero-order valence-electron chi connectivity index (χ0n) is 12.1. The summed E-state index contributed by atoms with van der Waals surface area (Å²) in [5.41, 5.74) is -1.11. The number of benzene rings is 1. The van der Waals surface area contributed by atoms with E-state index < -0.39 is 33.3 Å². The van der Waals surface area contributed by atoms with Gasteiger partial charge in [0.15, 0.2) is 0 Å². The molecular formula is C14H18FNO5S. The Balaban J connectivity index is 2.37. The predicted molar refractivity (Wildman–Crippen MR) is 77.2 cm³/mol. The van der Waals surface area contributed by atoms with E-state index in [1.54, 1.807) is 0 Å². The molecule has 2 rings (SSSR count). The van der Waals surface area contributed by atoms with Crippen LogP contribution in [-0.2, 0) is 21.2 Å². The second kappa shape index (κ2) is 5.94. The third kappa shape index (κ3) is 3.29. The lowest BCUT2D eigenvalue weighted by molar-refractivity contribution is -0.160. The maximum Gasteiger partial charge on any atom is 0.313 e. The molecule has 1 fully saturated rings. The van der Waals surface area contributed by atoms with Crippen molar-refractivity contribution < 1.29 is 27.8 Å². The van der Waals surface area contributed by atoms with Crippen LogP contribution in [0.3, 0.4) is 0 Å². The highest BCUT2D eigenvalue weighted by Crippen LogP contribution is 2.35. The number of aliphatic hydroxyl groups excluding tert-OH is 1. The van der Waals surface area contributed by atoms with Crippen molar-refractivity contribution in [2.75, 3.05) is 19.3 Å². The lowest BCUT2D eigenvalue weighted by Crippen LogP contribution is -2.58. The molecule has 0 aromatic heterocycles. The Labute approximate surface area is 128 Å². The van der Waals surface area contributed by atoms with Crippen LogP contribution in [0.1, 0.15) is 12.0 Å². The Morgan fingerprint density at radius 3 is 2.50 bits per heavy atom. The van der Waals surface area contributed by atoms with Gasteiger partial charge in [-0.25, -0.2) is 17.1 Å². The average Bonchev–Trinajstić information content (AvgIpc) is 2.42. The second-order valence-corrected chi connectivity index (χ2v) is 7.65. The Morgan fingerprint density at radius 2 is 2.00 bits per heavy atom.